The molecular weight excluding hydrogens is 383 g/mol. The first-order chi connectivity index (χ1) is 14.6. The van der Waals surface area contributed by atoms with Crippen LogP contribution in [0, 0.1) is 5.82 Å². The Morgan fingerprint density at radius 1 is 0.933 bits per heavy atom. The average Bonchev–Trinajstić information content (AvgIpc) is 2.75. The van der Waals surface area contributed by atoms with E-state index in [9.17, 15) is 14.0 Å². The minimum absolute atomic E-state index is 0.0795. The number of carbonyl (C=O) groups excluding carboxylic acids is 1. The third kappa shape index (κ3) is 4.52. The minimum atomic E-state index is -0.360. The summed E-state index contributed by atoms with van der Waals surface area (Å²) in [6.45, 7) is 0.297. The van der Waals surface area contributed by atoms with E-state index >= 15 is 0 Å². The van der Waals surface area contributed by atoms with Crippen molar-refractivity contribution in [2.24, 2.45) is 0 Å². The molecule has 3 aromatic carbocycles. The van der Waals surface area contributed by atoms with E-state index < -0.39 is 0 Å². The van der Waals surface area contributed by atoms with Gasteiger partial charge >= 0.3 is 6.03 Å². The number of nitrogens with zero attached hydrogens (tertiary/aromatic N) is 2. The molecule has 7 heteroatoms. The highest BCUT2D eigenvalue weighted by Crippen LogP contribution is 2.14. The Labute approximate surface area is 172 Å². The molecule has 6 nitrogen and oxygen atoms in total. The Kier molecular flexibility index (Phi) is 5.52. The van der Waals surface area contributed by atoms with E-state index in [-0.39, 0.29) is 30.5 Å². The van der Waals surface area contributed by atoms with Crippen molar-refractivity contribution in [3.63, 3.8) is 0 Å². The van der Waals surface area contributed by atoms with Crippen LogP contribution in [0.2, 0.25) is 0 Å². The Morgan fingerprint density at radius 2 is 1.63 bits per heavy atom. The lowest BCUT2D eigenvalue weighted by molar-refractivity contribution is 0.205. The van der Waals surface area contributed by atoms with Gasteiger partial charge in [-0.2, -0.15) is 0 Å². The van der Waals surface area contributed by atoms with Gasteiger partial charge < -0.3 is 15.2 Å². The van der Waals surface area contributed by atoms with Gasteiger partial charge in [-0.3, -0.25) is 4.79 Å². The number of nitrogens with one attached hydrogen (secondary N) is 2. The molecule has 0 bridgehead atoms. The molecule has 30 heavy (non-hydrogen) atoms. The highest BCUT2D eigenvalue weighted by molar-refractivity contribution is 5.89. The summed E-state index contributed by atoms with van der Waals surface area (Å²) in [5, 5.41) is 3.32. The van der Waals surface area contributed by atoms with Crippen LogP contribution in [-0.4, -0.2) is 20.9 Å². The second-order valence-electron chi connectivity index (χ2n) is 6.81. The van der Waals surface area contributed by atoms with Crippen LogP contribution in [-0.2, 0) is 13.1 Å². The van der Waals surface area contributed by atoms with Crippen molar-refractivity contribution in [3.05, 3.63) is 106 Å². The van der Waals surface area contributed by atoms with E-state index in [0.29, 0.717) is 22.4 Å². The van der Waals surface area contributed by atoms with Crippen LogP contribution in [0.25, 0.3) is 10.9 Å². The molecule has 0 saturated heterocycles. The second-order valence-corrected chi connectivity index (χ2v) is 6.81. The number of H-pyrrole nitrogens is 1. The minimum Gasteiger partial charge on any atom is -0.313 e. The van der Waals surface area contributed by atoms with E-state index in [2.05, 4.69) is 15.3 Å². The van der Waals surface area contributed by atoms with Gasteiger partial charge in [0.1, 0.15) is 11.6 Å². The van der Waals surface area contributed by atoms with Gasteiger partial charge in [-0.25, -0.2) is 14.2 Å². The third-order valence-corrected chi connectivity index (χ3v) is 4.60. The standard InChI is InChI=1S/C23H19FN4O2/c24-17-12-10-16(11-13-17)14-28(23(30)25-18-6-2-1-3-7-18)15-21-26-20-9-5-4-8-19(20)22(29)27-21/h1-13H,14-15H2,(H,25,30)(H,26,27,29). The molecule has 0 unspecified atom stereocenters. The molecular formula is C23H19FN4O2. The summed E-state index contributed by atoms with van der Waals surface area (Å²) >= 11 is 0. The summed E-state index contributed by atoms with van der Waals surface area (Å²) in [7, 11) is 0. The Morgan fingerprint density at radius 3 is 2.40 bits per heavy atom. The average molecular weight is 402 g/mol. The second kappa shape index (κ2) is 8.57. The maximum Gasteiger partial charge on any atom is 0.322 e. The number of benzene rings is 3. The Bertz CT molecular complexity index is 1220. The zero-order chi connectivity index (χ0) is 20.9. The topological polar surface area (TPSA) is 78.1 Å². The molecule has 2 amide bonds. The molecule has 0 aliphatic carbocycles. The van der Waals surface area contributed by atoms with Crippen molar-refractivity contribution in [3.8, 4) is 0 Å². The number of aromatic nitrogens is 2. The van der Waals surface area contributed by atoms with Crippen molar-refractivity contribution >= 4 is 22.6 Å². The monoisotopic (exact) mass is 402 g/mol. The molecule has 0 aliphatic heterocycles. The summed E-state index contributed by atoms with van der Waals surface area (Å²) in [6, 6.07) is 21.7. The van der Waals surface area contributed by atoms with Gasteiger partial charge in [0.2, 0.25) is 0 Å². The molecule has 4 aromatic rings. The highest BCUT2D eigenvalue weighted by atomic mass is 19.1. The lowest BCUT2D eigenvalue weighted by Crippen LogP contribution is -2.35. The SMILES string of the molecule is O=C(Nc1ccccc1)N(Cc1ccc(F)cc1)Cc1nc2ccccc2c(=O)[nH]1. The number of hydrogen-bond acceptors (Lipinski definition) is 3. The number of anilines is 1. The number of para-hydroxylation sites is 2. The number of amides is 2. The number of halogens is 1. The van der Waals surface area contributed by atoms with Gasteiger partial charge in [0, 0.05) is 12.2 Å². The summed E-state index contributed by atoms with van der Waals surface area (Å²) < 4.78 is 13.3. The number of fused-ring (bicyclic) bond motifs is 1. The maximum absolute atomic E-state index is 13.3. The molecule has 4 rings (SSSR count). The van der Waals surface area contributed by atoms with Crippen molar-refractivity contribution in [2.45, 2.75) is 13.1 Å². The van der Waals surface area contributed by atoms with Crippen molar-refractivity contribution in [1.29, 1.82) is 0 Å². The van der Waals surface area contributed by atoms with Gasteiger partial charge in [-0.1, -0.05) is 42.5 Å². The molecule has 0 aliphatic rings. The van der Waals surface area contributed by atoms with Gasteiger partial charge in [0.05, 0.1) is 17.4 Å². The smallest absolute Gasteiger partial charge is 0.313 e. The lowest BCUT2D eigenvalue weighted by atomic mass is 10.2. The van der Waals surface area contributed by atoms with Gasteiger partial charge in [-0.15, -0.1) is 0 Å². The van der Waals surface area contributed by atoms with E-state index in [4.69, 9.17) is 0 Å². The van der Waals surface area contributed by atoms with Crippen LogP contribution in [0.5, 0.6) is 0 Å². The first-order valence-electron chi connectivity index (χ1n) is 9.42. The third-order valence-electron chi connectivity index (χ3n) is 4.60. The van der Waals surface area contributed by atoms with Gasteiger partial charge in [-0.05, 0) is 42.0 Å². The summed E-state index contributed by atoms with van der Waals surface area (Å²) in [5.41, 5.74) is 1.69. The van der Waals surface area contributed by atoms with E-state index in [1.807, 2.05) is 18.2 Å². The highest BCUT2D eigenvalue weighted by Gasteiger charge is 2.17. The fourth-order valence-electron chi connectivity index (χ4n) is 3.12. The van der Waals surface area contributed by atoms with E-state index in [1.54, 1.807) is 48.5 Å². The summed E-state index contributed by atoms with van der Waals surface area (Å²) in [5.74, 6) is 0.0172. The predicted molar refractivity (Wildman–Crippen MR) is 113 cm³/mol. The normalized spacial score (nSPS) is 10.7. The predicted octanol–water partition coefficient (Wildman–Crippen LogP) is 4.30. The zero-order valence-corrected chi connectivity index (χ0v) is 16.0. The maximum atomic E-state index is 13.3. The van der Waals surface area contributed by atoms with E-state index in [1.165, 1.54) is 17.0 Å². The largest absolute Gasteiger partial charge is 0.322 e. The van der Waals surface area contributed by atoms with Crippen molar-refractivity contribution in [1.82, 2.24) is 14.9 Å². The molecule has 2 N–H and O–H groups in total. The lowest BCUT2D eigenvalue weighted by Gasteiger charge is -2.23. The summed E-state index contributed by atoms with van der Waals surface area (Å²) in [4.78, 5) is 34.1. The fraction of sp³-hybridized carbons (Fsp3) is 0.0870. The van der Waals surface area contributed by atoms with Gasteiger partial charge in [0.15, 0.2) is 0 Å². The van der Waals surface area contributed by atoms with Crippen LogP contribution in [0.3, 0.4) is 0 Å². The van der Waals surface area contributed by atoms with Crippen LogP contribution < -0.4 is 10.9 Å². The molecule has 1 heterocycles. The van der Waals surface area contributed by atoms with Crippen LogP contribution in [0.4, 0.5) is 14.9 Å². The van der Waals surface area contributed by atoms with E-state index in [0.717, 1.165) is 5.56 Å². The number of hydrogen-bond donors (Lipinski definition) is 2. The quantitative estimate of drug-likeness (QED) is 0.523. The van der Waals surface area contributed by atoms with Gasteiger partial charge in [0.25, 0.3) is 5.56 Å². The first-order valence-corrected chi connectivity index (χ1v) is 9.42. The number of urea groups is 1. The number of rotatable bonds is 5. The molecule has 0 saturated carbocycles. The van der Waals surface area contributed by atoms with Crippen LogP contribution in [0.15, 0.2) is 83.7 Å². The fourth-order valence-corrected chi connectivity index (χ4v) is 3.12. The molecule has 0 fully saturated rings. The molecule has 0 atom stereocenters. The zero-order valence-electron chi connectivity index (χ0n) is 16.0. The molecule has 1 aromatic heterocycles. The van der Waals surface area contributed by atoms with Crippen molar-refractivity contribution in [2.75, 3.05) is 5.32 Å². The van der Waals surface area contributed by atoms with Crippen molar-refractivity contribution < 1.29 is 9.18 Å². The molecule has 150 valence electrons. The molecule has 0 spiro atoms. The Balaban J connectivity index is 1.63. The first kappa shape index (κ1) is 19.3. The summed E-state index contributed by atoms with van der Waals surface area (Å²) in [6.07, 6.45) is 0. The number of carbonyl (C=O) groups is 1. The number of aromatic amines is 1. The molecule has 0 radical (unpaired) electrons. The van der Waals surface area contributed by atoms with Crippen LogP contribution in [0.1, 0.15) is 11.4 Å². The Hall–Kier alpha value is -4.00. The van der Waals surface area contributed by atoms with Crippen LogP contribution >= 0.6 is 0 Å².